The van der Waals surface area contributed by atoms with Crippen LogP contribution in [0.4, 0.5) is 4.39 Å². The van der Waals surface area contributed by atoms with E-state index in [0.29, 0.717) is 11.3 Å². The van der Waals surface area contributed by atoms with Crippen LogP contribution in [0, 0.1) is 5.82 Å². The molecule has 1 aliphatic rings. The van der Waals surface area contributed by atoms with E-state index in [0.717, 1.165) is 0 Å². The Labute approximate surface area is 191 Å². The van der Waals surface area contributed by atoms with Gasteiger partial charge in [-0.3, -0.25) is 14.4 Å². The Morgan fingerprint density at radius 1 is 1.12 bits per heavy atom. The van der Waals surface area contributed by atoms with Gasteiger partial charge in [0, 0.05) is 26.3 Å². The largest absolute Gasteiger partial charge is 0.463 e. The number of carbonyl (C=O) groups is 3. The molecule has 1 fully saturated rings. The van der Waals surface area contributed by atoms with Gasteiger partial charge in [-0.1, -0.05) is 33.3 Å². The van der Waals surface area contributed by atoms with Crippen molar-refractivity contribution in [3.05, 3.63) is 36.3 Å². The fourth-order valence-electron chi connectivity index (χ4n) is 3.37. The van der Waals surface area contributed by atoms with Crippen molar-refractivity contribution in [3.63, 3.8) is 0 Å². The Kier molecular flexibility index (Phi) is 7.56. The third kappa shape index (κ3) is 5.68. The predicted molar refractivity (Wildman–Crippen MR) is 110 cm³/mol. The molecule has 0 bridgehead atoms. The molecule has 12 heteroatoms. The van der Waals surface area contributed by atoms with E-state index < -0.39 is 53.1 Å². The van der Waals surface area contributed by atoms with Crippen LogP contribution in [0.25, 0.3) is 11.3 Å². The van der Waals surface area contributed by atoms with Gasteiger partial charge < -0.3 is 18.9 Å². The lowest BCUT2D eigenvalue weighted by Gasteiger charge is -2.43. The number of ether oxygens (including phenoxy) is 4. The number of nitrogens with zero attached hydrogens (tertiary/aromatic N) is 3. The highest BCUT2D eigenvalue weighted by Crippen LogP contribution is 2.37. The summed E-state index contributed by atoms with van der Waals surface area (Å²) in [5.74, 6) is -2.22. The van der Waals surface area contributed by atoms with Crippen LogP contribution < -0.4 is 0 Å². The van der Waals surface area contributed by atoms with E-state index in [1.165, 1.54) is 49.8 Å². The highest BCUT2D eigenvalue weighted by Gasteiger charge is 2.51. The zero-order valence-electron chi connectivity index (χ0n) is 17.4. The monoisotopic (exact) mass is 513 g/mol. The van der Waals surface area contributed by atoms with Gasteiger partial charge in [0.25, 0.3) is 0 Å². The van der Waals surface area contributed by atoms with Crippen molar-refractivity contribution < 1.29 is 37.7 Å². The lowest BCUT2D eigenvalue weighted by molar-refractivity contribution is -0.211. The summed E-state index contributed by atoms with van der Waals surface area (Å²) >= 11 is 3.33. The van der Waals surface area contributed by atoms with Gasteiger partial charge in [-0.25, -0.2) is 9.07 Å². The molecule has 172 valence electrons. The maximum atomic E-state index is 13.6. The topological polar surface area (TPSA) is 119 Å². The quantitative estimate of drug-likeness (QED) is 0.325. The number of carbonyl (C=O) groups excluding carboxylic acids is 3. The number of hydrogen-bond acceptors (Lipinski definition) is 9. The highest BCUT2D eigenvalue weighted by molar-refractivity contribution is 9.09. The van der Waals surface area contributed by atoms with Crippen LogP contribution in [0.2, 0.25) is 0 Å². The minimum Gasteiger partial charge on any atom is -0.463 e. The molecule has 32 heavy (non-hydrogen) atoms. The predicted octanol–water partition coefficient (Wildman–Crippen LogP) is 2.17. The number of hydrogen-bond donors (Lipinski definition) is 0. The first-order valence-corrected chi connectivity index (χ1v) is 10.5. The molecule has 2 aromatic rings. The minimum atomic E-state index is -1.05. The van der Waals surface area contributed by atoms with Crippen LogP contribution in [0.1, 0.15) is 26.8 Å². The summed E-state index contributed by atoms with van der Waals surface area (Å²) in [6.45, 7) is 3.45. The molecule has 0 aliphatic carbocycles. The number of halogens is 2. The molecular weight excluding hydrogens is 493 g/mol. The third-order valence-corrected chi connectivity index (χ3v) is 5.33. The highest BCUT2D eigenvalue weighted by atomic mass is 79.9. The van der Waals surface area contributed by atoms with E-state index in [1.807, 2.05) is 0 Å². The Bertz CT molecular complexity index is 1000. The number of alkyl halides is 1. The number of rotatable bonds is 6. The lowest BCUT2D eigenvalue weighted by Crippen LogP contribution is -2.57. The molecule has 3 unspecified atom stereocenters. The first kappa shape index (κ1) is 23.8. The fraction of sp³-hybridized carbons (Fsp3) is 0.450. The Morgan fingerprint density at radius 2 is 1.81 bits per heavy atom. The van der Waals surface area contributed by atoms with E-state index in [2.05, 4.69) is 26.2 Å². The van der Waals surface area contributed by atoms with Crippen molar-refractivity contribution in [2.24, 2.45) is 0 Å². The van der Waals surface area contributed by atoms with Gasteiger partial charge in [0.2, 0.25) is 0 Å². The average Bonchev–Trinajstić information content (AvgIpc) is 3.18. The summed E-state index contributed by atoms with van der Waals surface area (Å²) < 4.78 is 36.8. The molecule has 0 amide bonds. The SMILES string of the molecule is CC(=O)OCC1O[C@H](Br)C(OC(C)=O)C(n2cc(-c3cccc(F)c3)nn2)[C@H]1OC(C)=O. The molecule has 10 nitrogen and oxygen atoms in total. The van der Waals surface area contributed by atoms with E-state index >= 15 is 0 Å². The minimum absolute atomic E-state index is 0.218. The van der Waals surface area contributed by atoms with Crippen molar-refractivity contribution in [3.8, 4) is 11.3 Å². The van der Waals surface area contributed by atoms with E-state index in [4.69, 9.17) is 18.9 Å². The van der Waals surface area contributed by atoms with Crippen LogP contribution in [0.3, 0.4) is 0 Å². The molecule has 0 N–H and O–H groups in total. The number of esters is 3. The molecule has 1 aliphatic heterocycles. The van der Waals surface area contributed by atoms with Gasteiger partial charge in [0.1, 0.15) is 30.3 Å². The third-order valence-electron chi connectivity index (χ3n) is 4.59. The van der Waals surface area contributed by atoms with Crippen molar-refractivity contribution in [1.82, 2.24) is 15.0 Å². The number of aromatic nitrogens is 3. The normalized spacial score (nSPS) is 25.1. The molecule has 1 aromatic carbocycles. The van der Waals surface area contributed by atoms with Crippen LogP contribution in [0.15, 0.2) is 30.5 Å². The van der Waals surface area contributed by atoms with Crippen molar-refractivity contribution in [2.45, 2.75) is 50.1 Å². The van der Waals surface area contributed by atoms with E-state index in [9.17, 15) is 18.8 Å². The van der Waals surface area contributed by atoms with Gasteiger partial charge in [0.05, 0.1) is 6.20 Å². The first-order chi connectivity index (χ1) is 15.2. The molecule has 5 atom stereocenters. The van der Waals surface area contributed by atoms with Crippen LogP contribution in [-0.4, -0.2) is 62.8 Å². The lowest BCUT2D eigenvalue weighted by atomic mass is 9.96. The zero-order chi connectivity index (χ0) is 23.4. The van der Waals surface area contributed by atoms with Crippen LogP contribution in [-0.2, 0) is 33.3 Å². The summed E-state index contributed by atoms with van der Waals surface area (Å²) in [6.07, 6.45) is -1.41. The molecule has 1 aromatic heterocycles. The van der Waals surface area contributed by atoms with Gasteiger partial charge in [-0.2, -0.15) is 0 Å². The molecule has 0 radical (unpaired) electrons. The van der Waals surface area contributed by atoms with E-state index in [-0.39, 0.29) is 6.61 Å². The smallest absolute Gasteiger partial charge is 0.303 e. The molecular formula is C20H21BrFN3O7. The standard InChI is InChI=1S/C20H21BrFN3O7/c1-10(26)29-9-16-18(30-11(2)27)17(19(20(21)32-16)31-12(3)28)25-8-15(23-24-25)13-5-4-6-14(22)7-13/h4-8,16-20H,9H2,1-3H3/t16?,17?,18-,19?,20-/m0/s1. The number of benzene rings is 1. The Morgan fingerprint density at radius 3 is 2.44 bits per heavy atom. The van der Waals surface area contributed by atoms with Crippen molar-refractivity contribution in [1.29, 1.82) is 0 Å². The maximum absolute atomic E-state index is 13.6. The van der Waals surface area contributed by atoms with Gasteiger partial charge in [-0.05, 0) is 12.1 Å². The first-order valence-electron chi connectivity index (χ1n) is 9.61. The summed E-state index contributed by atoms with van der Waals surface area (Å²) in [4.78, 5) is 34.9. The van der Waals surface area contributed by atoms with Crippen LogP contribution in [0.5, 0.6) is 0 Å². The molecule has 2 heterocycles. The second-order valence-corrected chi connectivity index (χ2v) is 7.96. The van der Waals surface area contributed by atoms with Crippen LogP contribution >= 0.6 is 15.9 Å². The Hall–Kier alpha value is -2.86. The molecule has 0 saturated carbocycles. The molecule has 1 saturated heterocycles. The zero-order valence-corrected chi connectivity index (χ0v) is 19.0. The summed E-state index contributed by atoms with van der Waals surface area (Å²) in [6, 6.07) is 4.89. The van der Waals surface area contributed by atoms with Gasteiger partial charge >= 0.3 is 17.9 Å². The van der Waals surface area contributed by atoms with Crippen molar-refractivity contribution >= 4 is 33.8 Å². The summed E-state index contributed by atoms with van der Waals surface area (Å²) in [5, 5.41) is 7.34. The molecule has 0 spiro atoms. The fourth-order valence-corrected chi connectivity index (χ4v) is 4.07. The average molecular weight is 514 g/mol. The molecule has 3 rings (SSSR count). The van der Waals surface area contributed by atoms with Crippen molar-refractivity contribution in [2.75, 3.05) is 6.61 Å². The summed E-state index contributed by atoms with van der Waals surface area (Å²) in [7, 11) is 0. The second kappa shape index (κ2) is 10.2. The Balaban J connectivity index is 2.02. The van der Waals surface area contributed by atoms with Gasteiger partial charge in [0.15, 0.2) is 17.2 Å². The maximum Gasteiger partial charge on any atom is 0.303 e. The second-order valence-electron chi connectivity index (χ2n) is 7.06. The van der Waals surface area contributed by atoms with Gasteiger partial charge in [-0.15, -0.1) is 5.10 Å². The van der Waals surface area contributed by atoms with E-state index in [1.54, 1.807) is 6.07 Å². The summed E-state index contributed by atoms with van der Waals surface area (Å²) in [5.41, 5.74) is 0.824.